The lowest BCUT2D eigenvalue weighted by molar-refractivity contribution is -0.121. The van der Waals surface area contributed by atoms with E-state index in [4.69, 9.17) is 0 Å². The van der Waals surface area contributed by atoms with E-state index in [1.165, 1.54) is 0 Å². The molecule has 0 aliphatic carbocycles. The van der Waals surface area contributed by atoms with Gasteiger partial charge in [0.1, 0.15) is 5.82 Å². The lowest BCUT2D eigenvalue weighted by Gasteiger charge is -2.20. The minimum atomic E-state index is -0.590. The zero-order valence-electron chi connectivity index (χ0n) is 15.7. The molecule has 6 heteroatoms. The second-order valence-corrected chi connectivity index (χ2v) is 7.98. The first-order valence-corrected chi connectivity index (χ1v) is 9.91. The Kier molecular flexibility index (Phi) is 4.23. The normalized spacial score (nSPS) is 15.1. The molecule has 3 heterocycles. The van der Waals surface area contributed by atoms with Gasteiger partial charge in [-0.2, -0.15) is 0 Å². The fraction of sp³-hybridized carbons (Fsp3) is 0.238. The van der Waals surface area contributed by atoms with Crippen molar-refractivity contribution in [2.24, 2.45) is 0 Å². The van der Waals surface area contributed by atoms with Gasteiger partial charge in [0, 0.05) is 29.0 Å². The highest BCUT2D eigenvalue weighted by Crippen LogP contribution is 2.46. The summed E-state index contributed by atoms with van der Waals surface area (Å²) in [4.78, 5) is 28.9. The van der Waals surface area contributed by atoms with Gasteiger partial charge < -0.3 is 0 Å². The number of nitrogens with zero attached hydrogens (tertiary/aromatic N) is 4. The van der Waals surface area contributed by atoms with Crippen molar-refractivity contribution in [3.8, 4) is 11.1 Å². The Morgan fingerprint density at radius 3 is 2.44 bits per heavy atom. The number of pyridine rings is 1. The first-order valence-electron chi connectivity index (χ1n) is 8.69. The molecular formula is C21H20N4OS. The topological polar surface area (TPSA) is 59.0 Å². The minimum absolute atomic E-state index is 0.0508. The predicted molar refractivity (Wildman–Crippen MR) is 108 cm³/mol. The smallest absolute Gasteiger partial charge is 0.241 e. The van der Waals surface area contributed by atoms with Crippen molar-refractivity contribution < 1.29 is 4.79 Å². The van der Waals surface area contributed by atoms with Gasteiger partial charge in [0.15, 0.2) is 0 Å². The van der Waals surface area contributed by atoms with Crippen LogP contribution >= 0.6 is 11.8 Å². The fourth-order valence-corrected chi connectivity index (χ4v) is 3.77. The molecule has 27 heavy (non-hydrogen) atoms. The van der Waals surface area contributed by atoms with E-state index in [0.29, 0.717) is 0 Å². The Labute approximate surface area is 162 Å². The molecule has 0 N–H and O–H groups in total. The van der Waals surface area contributed by atoms with Gasteiger partial charge in [0.25, 0.3) is 0 Å². The van der Waals surface area contributed by atoms with Crippen LogP contribution in [0.2, 0.25) is 0 Å². The molecule has 5 nitrogen and oxygen atoms in total. The first-order chi connectivity index (χ1) is 12.9. The van der Waals surface area contributed by atoms with Crippen LogP contribution in [0.15, 0.2) is 53.9 Å². The Morgan fingerprint density at radius 2 is 1.74 bits per heavy atom. The van der Waals surface area contributed by atoms with E-state index in [0.717, 1.165) is 38.8 Å². The van der Waals surface area contributed by atoms with Crippen LogP contribution in [-0.2, 0) is 10.2 Å². The minimum Gasteiger partial charge on any atom is -0.278 e. The van der Waals surface area contributed by atoms with Gasteiger partial charge in [-0.05, 0) is 50.3 Å². The van der Waals surface area contributed by atoms with Gasteiger partial charge in [0.05, 0.1) is 23.0 Å². The van der Waals surface area contributed by atoms with E-state index >= 15 is 0 Å². The molecule has 0 spiro atoms. The van der Waals surface area contributed by atoms with Gasteiger partial charge >= 0.3 is 0 Å². The first kappa shape index (κ1) is 17.7. The fourth-order valence-electron chi connectivity index (χ4n) is 3.37. The highest BCUT2D eigenvalue weighted by atomic mass is 32.2. The molecule has 1 aromatic carbocycles. The monoisotopic (exact) mass is 376 g/mol. The number of carbonyl (C=O) groups excluding carboxylic acids is 1. The standard InChI is InChI=1S/C21H20N4OS/c1-13-23-9-15(10-24-13)14-5-6-18-19(7-14)25(20(26)21(18,2)3)16-8-17(27-4)12-22-11-16/h5-12H,1-4H3. The number of carbonyl (C=O) groups is 1. The van der Waals surface area contributed by atoms with Crippen LogP contribution in [0, 0.1) is 6.92 Å². The van der Waals surface area contributed by atoms with Gasteiger partial charge in [-0.15, -0.1) is 11.8 Å². The molecule has 1 aliphatic rings. The van der Waals surface area contributed by atoms with Crippen molar-refractivity contribution in [1.82, 2.24) is 15.0 Å². The highest BCUT2D eigenvalue weighted by Gasteiger charge is 2.44. The lowest BCUT2D eigenvalue weighted by atomic mass is 9.85. The SMILES string of the molecule is CSc1cncc(N2C(=O)C(C)(C)c3ccc(-c4cnc(C)nc4)cc32)c1. The van der Waals surface area contributed by atoms with Crippen molar-refractivity contribution in [2.45, 2.75) is 31.1 Å². The summed E-state index contributed by atoms with van der Waals surface area (Å²) in [5.74, 6) is 0.785. The van der Waals surface area contributed by atoms with E-state index < -0.39 is 5.41 Å². The molecule has 0 atom stereocenters. The number of amides is 1. The molecule has 0 saturated heterocycles. The molecule has 3 aromatic rings. The van der Waals surface area contributed by atoms with Crippen molar-refractivity contribution in [1.29, 1.82) is 0 Å². The largest absolute Gasteiger partial charge is 0.278 e. The van der Waals surface area contributed by atoms with E-state index in [1.807, 2.05) is 63.7 Å². The maximum Gasteiger partial charge on any atom is 0.241 e. The molecular weight excluding hydrogens is 356 g/mol. The highest BCUT2D eigenvalue weighted by molar-refractivity contribution is 7.98. The van der Waals surface area contributed by atoms with E-state index in [1.54, 1.807) is 29.1 Å². The quantitative estimate of drug-likeness (QED) is 0.629. The summed E-state index contributed by atoms with van der Waals surface area (Å²) in [5.41, 5.74) is 4.01. The molecule has 0 fully saturated rings. The molecule has 0 radical (unpaired) electrons. The summed E-state index contributed by atoms with van der Waals surface area (Å²) in [6, 6.07) is 8.11. The number of fused-ring (bicyclic) bond motifs is 1. The molecule has 0 saturated carbocycles. The molecule has 1 aliphatic heterocycles. The van der Waals surface area contributed by atoms with Crippen molar-refractivity contribution in [2.75, 3.05) is 11.2 Å². The molecule has 136 valence electrons. The van der Waals surface area contributed by atoms with Crippen LogP contribution in [0.3, 0.4) is 0 Å². The maximum atomic E-state index is 13.2. The third-order valence-corrected chi connectivity index (χ3v) is 5.65. The number of aromatic nitrogens is 3. The number of aryl methyl sites for hydroxylation is 1. The third kappa shape index (κ3) is 2.90. The Morgan fingerprint density at radius 1 is 1.00 bits per heavy atom. The molecule has 2 aromatic heterocycles. The summed E-state index contributed by atoms with van der Waals surface area (Å²) in [6.45, 7) is 5.80. The number of hydrogen-bond donors (Lipinski definition) is 0. The van der Waals surface area contributed by atoms with Crippen molar-refractivity contribution >= 4 is 29.0 Å². The third-order valence-electron chi connectivity index (χ3n) is 4.96. The van der Waals surface area contributed by atoms with Crippen LogP contribution in [-0.4, -0.2) is 27.1 Å². The summed E-state index contributed by atoms with van der Waals surface area (Å²) < 4.78 is 0. The van der Waals surface area contributed by atoms with Gasteiger partial charge in [-0.25, -0.2) is 9.97 Å². The van der Waals surface area contributed by atoms with Crippen LogP contribution < -0.4 is 4.90 Å². The molecule has 0 unspecified atom stereocenters. The summed E-state index contributed by atoms with van der Waals surface area (Å²) in [5, 5.41) is 0. The van der Waals surface area contributed by atoms with E-state index in [9.17, 15) is 4.79 Å². The lowest BCUT2D eigenvalue weighted by Crippen LogP contribution is -2.33. The van der Waals surface area contributed by atoms with Gasteiger partial charge in [0.2, 0.25) is 5.91 Å². The van der Waals surface area contributed by atoms with Crippen LogP contribution in [0.1, 0.15) is 25.2 Å². The van der Waals surface area contributed by atoms with E-state index in [2.05, 4.69) is 15.0 Å². The zero-order chi connectivity index (χ0) is 19.2. The summed E-state index contributed by atoms with van der Waals surface area (Å²) in [7, 11) is 0. The number of rotatable bonds is 3. The average molecular weight is 376 g/mol. The predicted octanol–water partition coefficient (Wildman–Crippen LogP) is 4.52. The summed E-state index contributed by atoms with van der Waals surface area (Å²) in [6.07, 6.45) is 9.17. The van der Waals surface area contributed by atoms with E-state index in [-0.39, 0.29) is 5.91 Å². The van der Waals surface area contributed by atoms with Crippen LogP contribution in [0.4, 0.5) is 11.4 Å². The second-order valence-electron chi connectivity index (χ2n) is 7.10. The Hall–Kier alpha value is -2.73. The average Bonchev–Trinajstić information content (AvgIpc) is 2.88. The second kappa shape index (κ2) is 6.46. The molecule has 4 rings (SSSR count). The van der Waals surface area contributed by atoms with Gasteiger partial charge in [-0.3, -0.25) is 14.7 Å². The number of anilines is 2. The van der Waals surface area contributed by atoms with Crippen LogP contribution in [0.25, 0.3) is 11.1 Å². The van der Waals surface area contributed by atoms with Gasteiger partial charge in [-0.1, -0.05) is 12.1 Å². The van der Waals surface area contributed by atoms with Crippen molar-refractivity contribution in [3.05, 3.63) is 60.4 Å². The number of thioether (sulfide) groups is 1. The summed E-state index contributed by atoms with van der Waals surface area (Å²) >= 11 is 1.61. The maximum absolute atomic E-state index is 13.2. The Balaban J connectivity index is 1.87. The van der Waals surface area contributed by atoms with Crippen molar-refractivity contribution in [3.63, 3.8) is 0 Å². The number of benzene rings is 1. The number of hydrogen-bond acceptors (Lipinski definition) is 5. The molecule has 0 bridgehead atoms. The van der Waals surface area contributed by atoms with Crippen LogP contribution in [0.5, 0.6) is 0 Å². The Bertz CT molecular complexity index is 1030. The molecule has 1 amide bonds. The zero-order valence-corrected chi connectivity index (χ0v) is 16.5.